The Morgan fingerprint density at radius 1 is 1.04 bits per heavy atom. The lowest BCUT2D eigenvalue weighted by atomic mass is 9.95. The second-order valence-corrected chi connectivity index (χ2v) is 6.67. The van der Waals surface area contributed by atoms with Crippen molar-refractivity contribution in [2.75, 3.05) is 11.4 Å². The molecule has 0 aromatic heterocycles. The first-order chi connectivity index (χ1) is 13.5. The average Bonchev–Trinajstić information content (AvgIpc) is 2.94. The second-order valence-electron chi connectivity index (χ2n) is 6.67. The molecule has 8 nitrogen and oxygen atoms in total. The summed E-state index contributed by atoms with van der Waals surface area (Å²) >= 11 is 0. The molecule has 0 saturated carbocycles. The number of benzene rings is 2. The fourth-order valence-electron chi connectivity index (χ4n) is 3.57. The van der Waals surface area contributed by atoms with Gasteiger partial charge in [0.1, 0.15) is 6.04 Å². The Kier molecular flexibility index (Phi) is 4.31. The van der Waals surface area contributed by atoms with Crippen LogP contribution in [0.15, 0.2) is 48.5 Å². The lowest BCUT2D eigenvalue weighted by molar-refractivity contribution is -0.303. The zero-order chi connectivity index (χ0) is 19.8. The lowest BCUT2D eigenvalue weighted by Crippen LogP contribution is -2.39. The summed E-state index contributed by atoms with van der Waals surface area (Å²) in [6, 6.07) is 12.7. The van der Waals surface area contributed by atoms with E-state index in [1.807, 2.05) is 24.3 Å². The van der Waals surface area contributed by atoms with Crippen molar-refractivity contribution in [1.29, 1.82) is 0 Å². The summed E-state index contributed by atoms with van der Waals surface area (Å²) in [5.74, 6) is -2.27. The fourth-order valence-corrected chi connectivity index (χ4v) is 3.57. The minimum Gasteiger partial charge on any atom is -0.548 e. The first-order valence-corrected chi connectivity index (χ1v) is 8.75. The number of carboxylic acids is 1. The minimum atomic E-state index is -1.39. The predicted octanol–water partition coefficient (Wildman–Crippen LogP) is 0.0598. The molecular formula is C20H16N3O5-. The number of hydrogen-bond acceptors (Lipinski definition) is 5. The number of rotatable bonds is 4. The molecule has 0 spiro atoms. The van der Waals surface area contributed by atoms with Gasteiger partial charge >= 0.3 is 6.03 Å². The SMILES string of the molecule is O=C([O-])CNC(=O)c1ccc(N2C(=O)[C@@H]3Cc4ccccc4CN3C2=O)cc1. The van der Waals surface area contributed by atoms with Gasteiger partial charge in [-0.05, 0) is 35.4 Å². The molecular weight excluding hydrogens is 362 g/mol. The summed E-state index contributed by atoms with van der Waals surface area (Å²) in [5, 5.41) is 12.6. The Bertz CT molecular complexity index is 943. The Morgan fingerprint density at radius 2 is 1.71 bits per heavy atom. The smallest absolute Gasteiger partial charge is 0.332 e. The number of fused-ring (bicyclic) bond motifs is 2. The highest BCUT2D eigenvalue weighted by Crippen LogP contribution is 2.32. The van der Waals surface area contributed by atoms with E-state index in [0.717, 1.165) is 16.0 Å². The molecule has 2 aliphatic heterocycles. The van der Waals surface area contributed by atoms with Crippen LogP contribution in [0, 0.1) is 0 Å². The highest BCUT2D eigenvalue weighted by Gasteiger charge is 2.47. The van der Waals surface area contributed by atoms with Crippen molar-refractivity contribution in [2.24, 2.45) is 0 Å². The largest absolute Gasteiger partial charge is 0.548 e. The molecule has 2 aromatic carbocycles. The van der Waals surface area contributed by atoms with Crippen LogP contribution >= 0.6 is 0 Å². The molecule has 1 atom stereocenters. The van der Waals surface area contributed by atoms with Crippen LogP contribution in [-0.2, 0) is 22.6 Å². The molecule has 0 aliphatic carbocycles. The van der Waals surface area contributed by atoms with Gasteiger partial charge in [0.25, 0.3) is 11.8 Å². The Labute approximate surface area is 160 Å². The van der Waals surface area contributed by atoms with Gasteiger partial charge in [0, 0.05) is 18.5 Å². The van der Waals surface area contributed by atoms with Gasteiger partial charge in [-0.3, -0.25) is 9.59 Å². The van der Waals surface area contributed by atoms with E-state index in [1.165, 1.54) is 24.3 Å². The number of carboxylic acid groups (broad SMARTS) is 1. The number of carbonyl (C=O) groups excluding carboxylic acids is 4. The first-order valence-electron chi connectivity index (χ1n) is 8.75. The third kappa shape index (κ3) is 2.98. The molecule has 1 N–H and O–H groups in total. The van der Waals surface area contributed by atoms with E-state index in [2.05, 4.69) is 5.32 Å². The number of hydrogen-bond donors (Lipinski definition) is 1. The van der Waals surface area contributed by atoms with Gasteiger partial charge < -0.3 is 20.1 Å². The van der Waals surface area contributed by atoms with Crippen molar-refractivity contribution < 1.29 is 24.3 Å². The number of nitrogens with zero attached hydrogens (tertiary/aromatic N) is 2. The highest BCUT2D eigenvalue weighted by molar-refractivity contribution is 6.21. The van der Waals surface area contributed by atoms with Gasteiger partial charge in [0.15, 0.2) is 0 Å². The second kappa shape index (κ2) is 6.80. The average molecular weight is 378 g/mol. The van der Waals surface area contributed by atoms with Gasteiger partial charge in [0.2, 0.25) is 0 Å². The van der Waals surface area contributed by atoms with Gasteiger partial charge in [-0.1, -0.05) is 24.3 Å². The predicted molar refractivity (Wildman–Crippen MR) is 96.1 cm³/mol. The number of imide groups is 1. The maximum Gasteiger partial charge on any atom is 0.332 e. The van der Waals surface area contributed by atoms with Crippen LogP contribution in [0.5, 0.6) is 0 Å². The number of carbonyl (C=O) groups is 4. The van der Waals surface area contributed by atoms with E-state index < -0.39 is 30.5 Å². The first kappa shape index (κ1) is 17.7. The highest BCUT2D eigenvalue weighted by atomic mass is 16.4. The molecule has 0 radical (unpaired) electrons. The Balaban J connectivity index is 1.54. The van der Waals surface area contributed by atoms with E-state index in [0.29, 0.717) is 18.7 Å². The van der Waals surface area contributed by atoms with Crippen LogP contribution in [0.1, 0.15) is 21.5 Å². The van der Waals surface area contributed by atoms with E-state index in [-0.39, 0.29) is 11.5 Å². The molecule has 4 amide bonds. The maximum absolute atomic E-state index is 12.9. The molecule has 0 unspecified atom stereocenters. The van der Waals surface area contributed by atoms with Crippen LogP contribution < -0.4 is 15.3 Å². The molecule has 8 heteroatoms. The van der Waals surface area contributed by atoms with Crippen molar-refractivity contribution in [3.05, 3.63) is 65.2 Å². The van der Waals surface area contributed by atoms with E-state index in [9.17, 15) is 24.3 Å². The quantitative estimate of drug-likeness (QED) is 0.757. The van der Waals surface area contributed by atoms with Crippen LogP contribution in [-0.4, -0.2) is 41.3 Å². The number of anilines is 1. The summed E-state index contributed by atoms with van der Waals surface area (Å²) in [4.78, 5) is 50.7. The maximum atomic E-state index is 12.9. The molecule has 28 heavy (non-hydrogen) atoms. The topological polar surface area (TPSA) is 110 Å². The summed E-state index contributed by atoms with van der Waals surface area (Å²) in [5.41, 5.74) is 2.67. The standard InChI is InChI=1S/C20H17N3O5/c24-17(25)10-21-18(26)12-5-7-15(8-6-12)23-19(27)16-9-13-3-1-2-4-14(13)11-22(16)20(23)28/h1-8,16H,9-11H2,(H,21,26)(H,24,25)/p-1/t16-/m0/s1. The Hall–Kier alpha value is -3.68. The molecule has 1 saturated heterocycles. The third-order valence-electron chi connectivity index (χ3n) is 4.97. The summed E-state index contributed by atoms with van der Waals surface area (Å²) in [6.45, 7) is -0.216. The molecule has 0 bridgehead atoms. The van der Waals surface area contributed by atoms with Gasteiger partial charge in [-0.25, -0.2) is 9.69 Å². The molecule has 2 aliphatic rings. The summed E-state index contributed by atoms with van der Waals surface area (Å²) in [7, 11) is 0. The van der Waals surface area contributed by atoms with Gasteiger partial charge in [-0.2, -0.15) is 0 Å². The zero-order valence-electron chi connectivity index (χ0n) is 14.8. The normalized spacial score (nSPS) is 17.9. The molecule has 2 aromatic rings. The number of amides is 4. The number of aliphatic carboxylic acids is 1. The number of urea groups is 1. The van der Waals surface area contributed by atoms with Crippen LogP contribution in [0.4, 0.5) is 10.5 Å². The zero-order valence-corrected chi connectivity index (χ0v) is 14.8. The summed E-state index contributed by atoms with van der Waals surface area (Å²) in [6.07, 6.45) is 0.473. The van der Waals surface area contributed by atoms with Crippen molar-refractivity contribution in [1.82, 2.24) is 10.2 Å². The van der Waals surface area contributed by atoms with E-state index in [4.69, 9.17) is 0 Å². The van der Waals surface area contributed by atoms with Crippen molar-refractivity contribution in [2.45, 2.75) is 19.0 Å². The number of nitrogens with one attached hydrogen (secondary N) is 1. The lowest BCUT2D eigenvalue weighted by Gasteiger charge is -2.28. The molecule has 4 rings (SSSR count). The van der Waals surface area contributed by atoms with Crippen molar-refractivity contribution in [3.63, 3.8) is 0 Å². The molecule has 142 valence electrons. The van der Waals surface area contributed by atoms with E-state index in [1.54, 1.807) is 4.90 Å². The summed E-state index contributed by atoms with van der Waals surface area (Å²) < 4.78 is 0. The molecule has 2 heterocycles. The van der Waals surface area contributed by atoms with Crippen molar-refractivity contribution >= 4 is 29.5 Å². The fraction of sp³-hybridized carbons (Fsp3) is 0.200. The third-order valence-corrected chi connectivity index (χ3v) is 4.97. The van der Waals surface area contributed by atoms with Crippen LogP contribution in [0.25, 0.3) is 0 Å². The van der Waals surface area contributed by atoms with Gasteiger partial charge in [0.05, 0.1) is 18.2 Å². The van der Waals surface area contributed by atoms with Crippen LogP contribution in [0.3, 0.4) is 0 Å². The van der Waals surface area contributed by atoms with E-state index >= 15 is 0 Å². The van der Waals surface area contributed by atoms with Crippen molar-refractivity contribution in [3.8, 4) is 0 Å². The van der Waals surface area contributed by atoms with Gasteiger partial charge in [-0.15, -0.1) is 0 Å². The monoisotopic (exact) mass is 378 g/mol. The molecule has 1 fully saturated rings. The Morgan fingerprint density at radius 3 is 2.39 bits per heavy atom. The van der Waals surface area contributed by atoms with Crippen LogP contribution in [0.2, 0.25) is 0 Å². The minimum absolute atomic E-state index is 0.217.